The minimum absolute atomic E-state index is 0.107. The Balaban J connectivity index is 1.85. The maximum absolute atomic E-state index is 12.2. The number of nitrogens with zero attached hydrogens (tertiary/aromatic N) is 1. The molecule has 7 nitrogen and oxygen atoms in total. The van der Waals surface area contributed by atoms with Crippen molar-refractivity contribution in [1.29, 1.82) is 0 Å². The van der Waals surface area contributed by atoms with Gasteiger partial charge in [0.15, 0.2) is 11.5 Å². The van der Waals surface area contributed by atoms with Crippen molar-refractivity contribution in [2.75, 3.05) is 12.1 Å². The van der Waals surface area contributed by atoms with Gasteiger partial charge in [-0.2, -0.15) is 0 Å². The van der Waals surface area contributed by atoms with Crippen molar-refractivity contribution in [2.24, 2.45) is 0 Å². The van der Waals surface area contributed by atoms with Crippen LogP contribution in [0, 0.1) is 10.1 Å². The Morgan fingerprint density at radius 1 is 1.18 bits per heavy atom. The number of hydrogen-bond donors (Lipinski definition) is 1. The first-order valence-corrected chi connectivity index (χ1v) is 6.99. The number of carbonyl (C=O) groups is 1. The Kier molecular flexibility index (Phi) is 3.68. The molecule has 2 aromatic rings. The van der Waals surface area contributed by atoms with E-state index in [9.17, 15) is 14.9 Å². The summed E-state index contributed by atoms with van der Waals surface area (Å²) in [5.74, 6) is 0.665. The van der Waals surface area contributed by atoms with E-state index in [0.717, 1.165) is 0 Å². The van der Waals surface area contributed by atoms with Crippen LogP contribution in [0.25, 0.3) is 0 Å². The summed E-state index contributed by atoms with van der Waals surface area (Å²) >= 11 is 3.25. The predicted molar refractivity (Wildman–Crippen MR) is 81.3 cm³/mol. The molecule has 0 aromatic heterocycles. The second kappa shape index (κ2) is 5.64. The molecule has 2 aromatic carbocycles. The highest BCUT2D eigenvalue weighted by molar-refractivity contribution is 9.10. The molecule has 1 amide bonds. The summed E-state index contributed by atoms with van der Waals surface area (Å²) in [6.45, 7) is 0.122. The van der Waals surface area contributed by atoms with Crippen molar-refractivity contribution >= 4 is 33.2 Å². The third-order valence-electron chi connectivity index (χ3n) is 3.04. The maximum Gasteiger partial charge on any atom is 0.271 e. The van der Waals surface area contributed by atoms with Crippen LogP contribution in [0.1, 0.15) is 10.4 Å². The number of nitro benzene ring substituents is 1. The molecule has 8 heteroatoms. The number of benzene rings is 2. The van der Waals surface area contributed by atoms with Gasteiger partial charge in [-0.15, -0.1) is 0 Å². The third-order valence-corrected chi connectivity index (χ3v) is 3.74. The quantitative estimate of drug-likeness (QED) is 0.666. The Morgan fingerprint density at radius 2 is 1.95 bits per heavy atom. The Morgan fingerprint density at radius 3 is 2.73 bits per heavy atom. The topological polar surface area (TPSA) is 90.7 Å². The van der Waals surface area contributed by atoms with Crippen molar-refractivity contribution in [3.63, 3.8) is 0 Å². The molecule has 0 bridgehead atoms. The number of anilines is 1. The van der Waals surface area contributed by atoms with E-state index in [-0.39, 0.29) is 12.5 Å². The van der Waals surface area contributed by atoms with Crippen molar-refractivity contribution in [3.8, 4) is 11.5 Å². The van der Waals surface area contributed by atoms with E-state index >= 15 is 0 Å². The zero-order chi connectivity index (χ0) is 15.7. The van der Waals surface area contributed by atoms with Crippen LogP contribution in [-0.2, 0) is 0 Å². The van der Waals surface area contributed by atoms with Gasteiger partial charge in [-0.05, 0) is 40.2 Å². The van der Waals surface area contributed by atoms with Crippen LogP contribution < -0.4 is 14.8 Å². The van der Waals surface area contributed by atoms with Crippen LogP contribution in [-0.4, -0.2) is 17.6 Å². The molecule has 1 aliphatic heterocycles. The molecule has 0 atom stereocenters. The lowest BCUT2D eigenvalue weighted by Crippen LogP contribution is -2.12. The number of non-ortho nitro benzene ring substituents is 1. The normalized spacial score (nSPS) is 12.0. The van der Waals surface area contributed by atoms with Crippen molar-refractivity contribution < 1.29 is 19.2 Å². The van der Waals surface area contributed by atoms with Crippen molar-refractivity contribution in [1.82, 2.24) is 0 Å². The molecule has 1 N–H and O–H groups in total. The average Bonchev–Trinajstić information content (AvgIpc) is 2.96. The number of amides is 1. The van der Waals surface area contributed by atoms with E-state index in [1.54, 1.807) is 18.2 Å². The molecule has 0 aliphatic carbocycles. The molecule has 0 spiro atoms. The van der Waals surface area contributed by atoms with Crippen molar-refractivity contribution in [3.05, 3.63) is 56.5 Å². The first-order valence-electron chi connectivity index (χ1n) is 6.19. The van der Waals surface area contributed by atoms with E-state index in [0.29, 0.717) is 27.2 Å². The maximum atomic E-state index is 12.2. The van der Waals surface area contributed by atoms with Crippen molar-refractivity contribution in [2.45, 2.75) is 0 Å². The van der Waals surface area contributed by atoms with Crippen LogP contribution in [0.2, 0.25) is 0 Å². The van der Waals surface area contributed by atoms with Crippen LogP contribution in [0.15, 0.2) is 40.9 Å². The van der Waals surface area contributed by atoms with E-state index in [2.05, 4.69) is 21.2 Å². The number of halogens is 1. The fraction of sp³-hybridized carbons (Fsp3) is 0.0714. The van der Waals surface area contributed by atoms with Crippen LogP contribution >= 0.6 is 15.9 Å². The number of nitrogens with one attached hydrogen (secondary N) is 1. The summed E-state index contributed by atoms with van der Waals surface area (Å²) in [5.41, 5.74) is 0.573. The van der Waals surface area contributed by atoms with Gasteiger partial charge in [0.1, 0.15) is 0 Å². The highest BCUT2D eigenvalue weighted by atomic mass is 79.9. The number of fused-ring (bicyclic) bond motifs is 1. The second-order valence-electron chi connectivity index (χ2n) is 4.44. The molecule has 0 radical (unpaired) electrons. The molecule has 0 unspecified atom stereocenters. The monoisotopic (exact) mass is 364 g/mol. The third kappa shape index (κ3) is 2.73. The van der Waals surface area contributed by atoms with Crippen LogP contribution in [0.5, 0.6) is 11.5 Å². The molecule has 112 valence electrons. The van der Waals surface area contributed by atoms with E-state index in [1.165, 1.54) is 18.2 Å². The van der Waals surface area contributed by atoms with Gasteiger partial charge >= 0.3 is 0 Å². The molecule has 1 aliphatic rings. The number of ether oxygens (including phenoxy) is 2. The van der Waals surface area contributed by atoms with Gasteiger partial charge in [0.2, 0.25) is 6.79 Å². The zero-order valence-corrected chi connectivity index (χ0v) is 12.6. The largest absolute Gasteiger partial charge is 0.454 e. The summed E-state index contributed by atoms with van der Waals surface area (Å²) < 4.78 is 10.9. The lowest BCUT2D eigenvalue weighted by molar-refractivity contribution is -0.384. The summed E-state index contributed by atoms with van der Waals surface area (Å²) in [5, 5.41) is 13.4. The van der Waals surface area contributed by atoms with Gasteiger partial charge in [-0.1, -0.05) is 0 Å². The molecule has 0 fully saturated rings. The summed E-state index contributed by atoms with van der Waals surface area (Å²) in [4.78, 5) is 22.5. The minimum Gasteiger partial charge on any atom is -0.454 e. The molecule has 0 saturated heterocycles. The Labute approximate surface area is 133 Å². The molecular formula is C14H9BrN2O5. The van der Waals surface area contributed by atoms with Gasteiger partial charge in [-0.3, -0.25) is 14.9 Å². The molecule has 1 heterocycles. The number of rotatable bonds is 3. The standard InChI is InChI=1S/C14H9BrN2O5/c15-10-3-2-9(17(19)20)6-11(10)16-14(18)8-1-4-12-13(5-8)22-7-21-12/h1-6H,7H2,(H,16,18). The second-order valence-corrected chi connectivity index (χ2v) is 5.30. The van der Waals surface area contributed by atoms with Gasteiger partial charge < -0.3 is 14.8 Å². The van der Waals surface area contributed by atoms with Crippen LogP contribution in [0.3, 0.4) is 0 Å². The molecule has 3 rings (SSSR count). The van der Waals surface area contributed by atoms with E-state index < -0.39 is 10.8 Å². The SMILES string of the molecule is O=C(Nc1cc([N+](=O)[O-])ccc1Br)c1ccc2c(c1)OCO2. The van der Waals surface area contributed by atoms with Gasteiger partial charge in [-0.25, -0.2) is 0 Å². The number of hydrogen-bond acceptors (Lipinski definition) is 5. The Hall–Kier alpha value is -2.61. The Bertz CT molecular complexity index is 778. The van der Waals surface area contributed by atoms with Gasteiger partial charge in [0.25, 0.3) is 11.6 Å². The molecular weight excluding hydrogens is 356 g/mol. The molecule has 22 heavy (non-hydrogen) atoms. The summed E-state index contributed by atoms with van der Waals surface area (Å²) in [6, 6.07) is 8.93. The lowest BCUT2D eigenvalue weighted by Gasteiger charge is -2.08. The fourth-order valence-corrected chi connectivity index (χ4v) is 2.30. The number of carbonyl (C=O) groups excluding carboxylic acids is 1. The smallest absolute Gasteiger partial charge is 0.271 e. The lowest BCUT2D eigenvalue weighted by atomic mass is 10.2. The summed E-state index contributed by atoms with van der Waals surface area (Å²) in [7, 11) is 0. The number of nitro groups is 1. The van der Waals surface area contributed by atoms with E-state index in [1.807, 2.05) is 0 Å². The van der Waals surface area contributed by atoms with Gasteiger partial charge in [0.05, 0.1) is 10.6 Å². The summed E-state index contributed by atoms with van der Waals surface area (Å²) in [6.07, 6.45) is 0. The zero-order valence-electron chi connectivity index (χ0n) is 11.0. The highest BCUT2D eigenvalue weighted by Gasteiger charge is 2.17. The van der Waals surface area contributed by atoms with Crippen LogP contribution in [0.4, 0.5) is 11.4 Å². The molecule has 0 saturated carbocycles. The first kappa shape index (κ1) is 14.3. The highest BCUT2D eigenvalue weighted by Crippen LogP contribution is 2.33. The first-order chi connectivity index (χ1) is 10.5. The average molecular weight is 365 g/mol. The van der Waals surface area contributed by atoms with E-state index in [4.69, 9.17) is 9.47 Å². The fourth-order valence-electron chi connectivity index (χ4n) is 1.95. The predicted octanol–water partition coefficient (Wildman–Crippen LogP) is 3.34. The van der Waals surface area contributed by atoms with Gasteiger partial charge in [0, 0.05) is 22.2 Å². The minimum atomic E-state index is -0.525.